The van der Waals surface area contributed by atoms with Crippen LogP contribution in [0.5, 0.6) is 0 Å². The average molecular weight is 516 g/mol. The van der Waals surface area contributed by atoms with Crippen LogP contribution in [0.2, 0.25) is 0 Å². The molecule has 0 N–H and O–H groups in total. The summed E-state index contributed by atoms with van der Waals surface area (Å²) in [6.07, 6.45) is 2.39. The van der Waals surface area contributed by atoms with Crippen LogP contribution < -0.4 is 0 Å². The second kappa shape index (κ2) is 9.99. The van der Waals surface area contributed by atoms with Crippen LogP contribution in [0.3, 0.4) is 0 Å². The van der Waals surface area contributed by atoms with Gasteiger partial charge in [0.05, 0.1) is 5.71 Å². The van der Waals surface area contributed by atoms with E-state index >= 15 is 0 Å². The molecule has 1 aromatic heterocycles. The van der Waals surface area contributed by atoms with Gasteiger partial charge in [0.15, 0.2) is 5.76 Å². The lowest BCUT2D eigenvalue weighted by Crippen LogP contribution is -2.06. The zero-order valence-corrected chi connectivity index (χ0v) is 22.3. The van der Waals surface area contributed by atoms with Crippen LogP contribution in [-0.2, 0) is 16.1 Å². The van der Waals surface area contributed by atoms with Crippen LogP contribution in [0.25, 0.3) is 32.9 Å². The first kappa shape index (κ1) is 24.8. The molecule has 39 heavy (non-hydrogen) atoms. The standard InChI is InChI=1S/C34H29NO4/c1-20(2)8-14-31(35-39-21(3)36)23-9-12-28-25(16-23)18-26-17-24(10-13-29(26)28)34(37)33-19-30-27-7-5-4-6-22(27)11-15-32(30)38-33/h4-7,9-13,15-17,19-20H,8,14,18H2,1-3H3. The van der Waals surface area contributed by atoms with E-state index in [9.17, 15) is 9.59 Å². The number of furan rings is 1. The molecule has 1 heterocycles. The van der Waals surface area contributed by atoms with Crippen LogP contribution >= 0.6 is 0 Å². The molecule has 5 heteroatoms. The Morgan fingerprint density at radius 2 is 1.59 bits per heavy atom. The highest BCUT2D eigenvalue weighted by molar-refractivity contribution is 6.13. The van der Waals surface area contributed by atoms with Crippen LogP contribution in [0.15, 0.2) is 88.4 Å². The summed E-state index contributed by atoms with van der Waals surface area (Å²) in [7, 11) is 0. The molecule has 6 rings (SSSR count). The third kappa shape index (κ3) is 4.76. The molecular formula is C34H29NO4. The monoisotopic (exact) mass is 515 g/mol. The molecule has 0 spiro atoms. The predicted molar refractivity (Wildman–Crippen MR) is 154 cm³/mol. The van der Waals surface area contributed by atoms with E-state index in [-0.39, 0.29) is 5.78 Å². The maximum Gasteiger partial charge on any atom is 0.331 e. The van der Waals surface area contributed by atoms with Gasteiger partial charge in [-0.1, -0.05) is 73.6 Å². The van der Waals surface area contributed by atoms with E-state index in [2.05, 4.69) is 37.2 Å². The van der Waals surface area contributed by atoms with Crippen LogP contribution in [0, 0.1) is 5.92 Å². The van der Waals surface area contributed by atoms with Gasteiger partial charge in [0.1, 0.15) is 5.58 Å². The van der Waals surface area contributed by atoms with Crippen LogP contribution in [0.1, 0.15) is 66.4 Å². The summed E-state index contributed by atoms with van der Waals surface area (Å²) in [5.41, 5.74) is 7.60. The first-order valence-corrected chi connectivity index (χ1v) is 13.3. The summed E-state index contributed by atoms with van der Waals surface area (Å²) < 4.78 is 6.00. The van der Waals surface area contributed by atoms with Crippen molar-refractivity contribution >= 4 is 39.2 Å². The van der Waals surface area contributed by atoms with Crippen molar-refractivity contribution in [3.63, 3.8) is 0 Å². The number of carbonyl (C=O) groups excluding carboxylic acids is 2. The molecule has 4 aromatic carbocycles. The van der Waals surface area contributed by atoms with Gasteiger partial charge >= 0.3 is 5.97 Å². The number of benzene rings is 4. The number of nitrogens with zero attached hydrogens (tertiary/aromatic N) is 1. The Labute approximate surface area is 227 Å². The van der Waals surface area contributed by atoms with Gasteiger partial charge in [0.25, 0.3) is 0 Å². The smallest absolute Gasteiger partial charge is 0.331 e. The maximum atomic E-state index is 13.5. The Hall–Kier alpha value is -4.51. The van der Waals surface area contributed by atoms with Gasteiger partial charge in [-0.3, -0.25) is 4.79 Å². The second-order valence-corrected chi connectivity index (χ2v) is 10.6. The lowest BCUT2D eigenvalue weighted by Gasteiger charge is -2.10. The third-order valence-electron chi connectivity index (χ3n) is 7.37. The molecule has 0 bridgehead atoms. The fraction of sp³-hybridized carbons (Fsp3) is 0.206. The summed E-state index contributed by atoms with van der Waals surface area (Å²) >= 11 is 0. The molecule has 0 amide bonds. The van der Waals surface area contributed by atoms with E-state index in [0.29, 0.717) is 22.8 Å². The van der Waals surface area contributed by atoms with Crippen LogP contribution in [0.4, 0.5) is 0 Å². The molecular weight excluding hydrogens is 486 g/mol. The highest BCUT2D eigenvalue weighted by Gasteiger charge is 2.23. The molecule has 0 atom stereocenters. The van der Waals surface area contributed by atoms with Gasteiger partial charge in [-0.2, -0.15) is 0 Å². The molecule has 0 saturated heterocycles. The van der Waals surface area contributed by atoms with E-state index in [1.807, 2.05) is 60.7 Å². The molecule has 194 valence electrons. The summed E-state index contributed by atoms with van der Waals surface area (Å²) in [5, 5.41) is 7.29. The number of oxime groups is 1. The minimum atomic E-state index is -0.430. The zero-order chi connectivity index (χ0) is 27.1. The van der Waals surface area contributed by atoms with Crippen molar-refractivity contribution in [2.24, 2.45) is 11.1 Å². The topological polar surface area (TPSA) is 68.9 Å². The molecule has 5 nitrogen and oxygen atoms in total. The molecule has 5 aromatic rings. The van der Waals surface area contributed by atoms with Gasteiger partial charge in [-0.15, -0.1) is 0 Å². The SMILES string of the molecule is CC(=O)ON=C(CCC(C)C)c1ccc2c(c1)Cc1cc(C(=O)c3cc4c(ccc5ccccc54)o3)ccc1-2. The fourth-order valence-electron chi connectivity index (χ4n) is 5.37. The van der Waals surface area contributed by atoms with Gasteiger partial charge in [0, 0.05) is 17.9 Å². The van der Waals surface area contributed by atoms with Crippen molar-refractivity contribution in [1.82, 2.24) is 0 Å². The first-order chi connectivity index (χ1) is 18.9. The van der Waals surface area contributed by atoms with E-state index in [4.69, 9.17) is 9.25 Å². The van der Waals surface area contributed by atoms with Crippen molar-refractivity contribution in [3.8, 4) is 11.1 Å². The fourth-order valence-corrected chi connectivity index (χ4v) is 5.37. The number of carbonyl (C=O) groups is 2. The molecule has 1 aliphatic carbocycles. The molecule has 0 unspecified atom stereocenters. The normalized spacial score (nSPS) is 12.7. The van der Waals surface area contributed by atoms with Crippen molar-refractivity contribution in [2.75, 3.05) is 0 Å². The van der Waals surface area contributed by atoms with E-state index in [1.165, 1.54) is 12.5 Å². The van der Waals surface area contributed by atoms with Gasteiger partial charge in [-0.05, 0) is 88.0 Å². The molecule has 0 radical (unpaired) electrons. The Morgan fingerprint density at radius 1 is 0.872 bits per heavy atom. The van der Waals surface area contributed by atoms with Gasteiger partial charge in [-0.25, -0.2) is 4.79 Å². The Morgan fingerprint density at radius 3 is 2.33 bits per heavy atom. The number of hydrogen-bond acceptors (Lipinski definition) is 5. The third-order valence-corrected chi connectivity index (χ3v) is 7.37. The van der Waals surface area contributed by atoms with E-state index < -0.39 is 5.97 Å². The maximum absolute atomic E-state index is 13.5. The quantitative estimate of drug-likeness (QED) is 0.0932. The Balaban J connectivity index is 1.29. The summed E-state index contributed by atoms with van der Waals surface area (Å²) in [5.74, 6) is 0.294. The van der Waals surface area contributed by atoms with Crippen LogP contribution in [-0.4, -0.2) is 17.5 Å². The van der Waals surface area contributed by atoms with Crippen molar-refractivity contribution in [1.29, 1.82) is 0 Å². The highest BCUT2D eigenvalue weighted by Crippen LogP contribution is 2.38. The van der Waals surface area contributed by atoms with Crippen molar-refractivity contribution < 1.29 is 18.8 Å². The minimum Gasteiger partial charge on any atom is -0.453 e. The zero-order valence-electron chi connectivity index (χ0n) is 22.3. The largest absolute Gasteiger partial charge is 0.453 e. The van der Waals surface area contributed by atoms with Gasteiger partial charge in [0.2, 0.25) is 5.78 Å². The van der Waals surface area contributed by atoms with E-state index in [0.717, 1.165) is 63.4 Å². The van der Waals surface area contributed by atoms with E-state index in [1.54, 1.807) is 0 Å². The highest BCUT2D eigenvalue weighted by atomic mass is 16.7. The van der Waals surface area contributed by atoms with Crippen molar-refractivity contribution in [2.45, 2.75) is 40.0 Å². The number of hydrogen-bond donors (Lipinski definition) is 0. The number of rotatable bonds is 7. The average Bonchev–Trinajstić information content (AvgIpc) is 3.53. The summed E-state index contributed by atoms with van der Waals surface area (Å²) in [6, 6.07) is 26.1. The summed E-state index contributed by atoms with van der Waals surface area (Å²) in [4.78, 5) is 29.9. The second-order valence-electron chi connectivity index (χ2n) is 10.6. The molecule has 0 fully saturated rings. The lowest BCUT2D eigenvalue weighted by atomic mass is 9.97. The molecule has 0 saturated carbocycles. The lowest BCUT2D eigenvalue weighted by molar-refractivity contribution is -0.140. The molecule has 0 aliphatic heterocycles. The van der Waals surface area contributed by atoms with Gasteiger partial charge < -0.3 is 9.25 Å². The first-order valence-electron chi connectivity index (χ1n) is 13.3. The summed E-state index contributed by atoms with van der Waals surface area (Å²) in [6.45, 7) is 5.68. The Bertz CT molecular complexity index is 1790. The van der Waals surface area contributed by atoms with Crippen molar-refractivity contribution in [3.05, 3.63) is 107 Å². The Kier molecular flexibility index (Phi) is 6.35. The minimum absolute atomic E-state index is 0.126. The number of ketones is 1. The molecule has 1 aliphatic rings. The predicted octanol–water partition coefficient (Wildman–Crippen LogP) is 8.09. The number of fused-ring (bicyclic) bond motifs is 6.